The van der Waals surface area contributed by atoms with Gasteiger partial charge in [0.2, 0.25) is 0 Å². The molecule has 0 atom stereocenters. The van der Waals surface area contributed by atoms with Crippen molar-refractivity contribution in [2.45, 2.75) is 31.3 Å². The molecule has 0 aliphatic heterocycles. The van der Waals surface area contributed by atoms with Gasteiger partial charge < -0.3 is 9.05 Å². The molecule has 0 saturated heterocycles. The molecule has 0 amide bonds. The van der Waals surface area contributed by atoms with Crippen molar-refractivity contribution in [3.05, 3.63) is 109 Å². The Kier molecular flexibility index (Phi) is 6.51. The van der Waals surface area contributed by atoms with Gasteiger partial charge in [-0.15, -0.1) is 0 Å². The Morgan fingerprint density at radius 3 is 1.38 bits per heavy atom. The number of benzene rings is 4. The van der Waals surface area contributed by atoms with E-state index in [9.17, 15) is 0 Å². The first-order chi connectivity index (χ1) is 15.9. The highest BCUT2D eigenvalue weighted by atomic mass is 31.2. The number of hydrogen-bond acceptors (Lipinski definition) is 2. The molecule has 160 valence electrons. The van der Waals surface area contributed by atoms with E-state index in [1.165, 1.54) is 12.8 Å². The standard InChI is InChI=1S/C29H27O2P/c1-3-13-23(14-4-1)26-19-9-11-21-28(26)30-32(25-17-7-8-18-25)31-29-22-12-10-20-27(29)24-15-5-2-6-16-24/h1-6,9-16,19-22,25H,7-8,17-18H2. The molecule has 0 aromatic heterocycles. The van der Waals surface area contributed by atoms with Crippen LogP contribution in [0.2, 0.25) is 0 Å². The molecule has 0 N–H and O–H groups in total. The molecule has 0 spiro atoms. The lowest BCUT2D eigenvalue weighted by Gasteiger charge is -2.26. The highest BCUT2D eigenvalue weighted by Crippen LogP contribution is 2.53. The Hall–Kier alpha value is -3.09. The van der Waals surface area contributed by atoms with Gasteiger partial charge in [-0.3, -0.25) is 0 Å². The lowest BCUT2D eigenvalue weighted by Crippen LogP contribution is -2.09. The molecule has 1 fully saturated rings. The van der Waals surface area contributed by atoms with E-state index in [0.29, 0.717) is 5.66 Å². The Balaban J connectivity index is 1.48. The van der Waals surface area contributed by atoms with Gasteiger partial charge >= 0.3 is 0 Å². The molecule has 5 rings (SSSR count). The van der Waals surface area contributed by atoms with Crippen molar-refractivity contribution in [3.8, 4) is 33.8 Å². The summed E-state index contributed by atoms with van der Waals surface area (Å²) in [7, 11) is -1.13. The summed E-state index contributed by atoms with van der Waals surface area (Å²) in [5, 5.41) is 0. The first-order valence-electron chi connectivity index (χ1n) is 11.3. The van der Waals surface area contributed by atoms with Crippen molar-refractivity contribution >= 4 is 8.38 Å². The summed E-state index contributed by atoms with van der Waals surface area (Å²) >= 11 is 0. The summed E-state index contributed by atoms with van der Waals surface area (Å²) in [6.07, 6.45) is 4.81. The molecular formula is C29H27O2P. The molecule has 0 radical (unpaired) electrons. The monoisotopic (exact) mass is 438 g/mol. The van der Waals surface area contributed by atoms with Crippen molar-refractivity contribution < 1.29 is 9.05 Å². The van der Waals surface area contributed by atoms with Gasteiger partial charge in [0, 0.05) is 11.1 Å². The van der Waals surface area contributed by atoms with Crippen molar-refractivity contribution in [2.75, 3.05) is 0 Å². The summed E-state index contributed by atoms with van der Waals surface area (Å²) < 4.78 is 13.4. The molecule has 1 aliphatic rings. The first-order valence-corrected chi connectivity index (χ1v) is 12.6. The smallest absolute Gasteiger partial charge is 0.293 e. The maximum Gasteiger partial charge on any atom is 0.293 e. The summed E-state index contributed by atoms with van der Waals surface area (Å²) in [4.78, 5) is 0. The molecule has 0 unspecified atom stereocenters. The van der Waals surface area contributed by atoms with Gasteiger partial charge in [-0.1, -0.05) is 110 Å². The van der Waals surface area contributed by atoms with E-state index in [1.54, 1.807) is 0 Å². The lowest BCUT2D eigenvalue weighted by molar-refractivity contribution is 0.474. The second-order valence-electron chi connectivity index (χ2n) is 8.13. The molecule has 32 heavy (non-hydrogen) atoms. The van der Waals surface area contributed by atoms with Crippen molar-refractivity contribution in [1.82, 2.24) is 0 Å². The van der Waals surface area contributed by atoms with E-state index in [0.717, 1.165) is 46.6 Å². The maximum atomic E-state index is 6.72. The third-order valence-electron chi connectivity index (χ3n) is 5.94. The van der Waals surface area contributed by atoms with Crippen LogP contribution in [-0.2, 0) is 0 Å². The van der Waals surface area contributed by atoms with E-state index < -0.39 is 8.38 Å². The first kappa shape index (κ1) is 20.8. The lowest BCUT2D eigenvalue weighted by atomic mass is 10.1. The second-order valence-corrected chi connectivity index (χ2v) is 9.80. The van der Waals surface area contributed by atoms with Crippen LogP contribution in [0.1, 0.15) is 25.7 Å². The highest BCUT2D eigenvalue weighted by molar-refractivity contribution is 7.49. The van der Waals surface area contributed by atoms with E-state index in [4.69, 9.17) is 9.05 Å². The average Bonchev–Trinajstić information content (AvgIpc) is 3.41. The Bertz CT molecular complexity index is 1050. The molecule has 0 bridgehead atoms. The third kappa shape index (κ3) is 4.71. The summed E-state index contributed by atoms with van der Waals surface area (Å²) in [5.41, 5.74) is 4.98. The maximum absolute atomic E-state index is 6.72. The predicted octanol–water partition coefficient (Wildman–Crippen LogP) is 8.73. The van der Waals surface area contributed by atoms with E-state index >= 15 is 0 Å². The third-order valence-corrected chi connectivity index (χ3v) is 7.81. The minimum Gasteiger partial charge on any atom is -0.438 e. The van der Waals surface area contributed by atoms with Gasteiger partial charge in [0.15, 0.2) is 0 Å². The van der Waals surface area contributed by atoms with E-state index in [1.807, 2.05) is 24.3 Å². The van der Waals surface area contributed by atoms with Crippen LogP contribution >= 0.6 is 8.38 Å². The van der Waals surface area contributed by atoms with Gasteiger partial charge in [0.25, 0.3) is 8.38 Å². The summed E-state index contributed by atoms with van der Waals surface area (Å²) in [5.74, 6) is 1.79. The molecule has 4 aromatic rings. The fraction of sp³-hybridized carbons (Fsp3) is 0.172. The second kappa shape index (κ2) is 10.0. The Morgan fingerprint density at radius 1 is 0.500 bits per heavy atom. The van der Waals surface area contributed by atoms with Crippen LogP contribution in [0, 0.1) is 0 Å². The van der Waals surface area contributed by atoms with Gasteiger partial charge in [0.1, 0.15) is 11.5 Å². The predicted molar refractivity (Wildman–Crippen MR) is 134 cm³/mol. The number of hydrogen-bond donors (Lipinski definition) is 0. The molecule has 1 aliphatic carbocycles. The minimum atomic E-state index is -1.13. The van der Waals surface area contributed by atoms with Crippen LogP contribution in [0.5, 0.6) is 11.5 Å². The van der Waals surface area contributed by atoms with Crippen LogP contribution in [-0.4, -0.2) is 5.66 Å². The van der Waals surface area contributed by atoms with Gasteiger partial charge in [-0.2, -0.15) is 0 Å². The van der Waals surface area contributed by atoms with Crippen molar-refractivity contribution in [3.63, 3.8) is 0 Å². The number of rotatable bonds is 7. The van der Waals surface area contributed by atoms with E-state index in [-0.39, 0.29) is 0 Å². The molecule has 1 saturated carbocycles. The average molecular weight is 439 g/mol. The van der Waals surface area contributed by atoms with Crippen LogP contribution in [0.25, 0.3) is 22.3 Å². The van der Waals surface area contributed by atoms with Crippen LogP contribution < -0.4 is 9.05 Å². The Morgan fingerprint density at radius 2 is 0.906 bits per heavy atom. The van der Waals surface area contributed by atoms with Crippen molar-refractivity contribution in [2.24, 2.45) is 0 Å². The van der Waals surface area contributed by atoms with Gasteiger partial charge in [-0.25, -0.2) is 0 Å². The molecule has 3 heteroatoms. The molecule has 4 aromatic carbocycles. The van der Waals surface area contributed by atoms with E-state index in [2.05, 4.69) is 84.9 Å². The molecule has 0 heterocycles. The number of para-hydroxylation sites is 2. The largest absolute Gasteiger partial charge is 0.438 e. The molecule has 2 nitrogen and oxygen atoms in total. The minimum absolute atomic E-state index is 0.442. The van der Waals surface area contributed by atoms with Crippen LogP contribution in [0.4, 0.5) is 0 Å². The fourth-order valence-corrected chi connectivity index (χ4v) is 6.11. The normalized spacial score (nSPS) is 13.9. The zero-order chi connectivity index (χ0) is 21.6. The quantitative estimate of drug-likeness (QED) is 0.269. The van der Waals surface area contributed by atoms with Crippen molar-refractivity contribution in [1.29, 1.82) is 0 Å². The highest BCUT2D eigenvalue weighted by Gasteiger charge is 2.31. The summed E-state index contributed by atoms with van der Waals surface area (Å²) in [6, 6.07) is 37.5. The fourth-order valence-electron chi connectivity index (χ4n) is 4.28. The Labute approximate surface area is 191 Å². The molecular weight excluding hydrogens is 411 g/mol. The van der Waals surface area contributed by atoms with Crippen LogP contribution in [0.3, 0.4) is 0 Å². The van der Waals surface area contributed by atoms with Gasteiger partial charge in [-0.05, 0) is 36.1 Å². The van der Waals surface area contributed by atoms with Gasteiger partial charge in [0.05, 0.1) is 5.66 Å². The van der Waals surface area contributed by atoms with Crippen LogP contribution in [0.15, 0.2) is 109 Å². The zero-order valence-corrected chi connectivity index (χ0v) is 19.0. The SMILES string of the molecule is c1ccc(-c2ccccc2OP(Oc2ccccc2-c2ccccc2)C2CCCC2)cc1. The zero-order valence-electron chi connectivity index (χ0n) is 18.1. The topological polar surface area (TPSA) is 18.5 Å². The summed E-state index contributed by atoms with van der Waals surface area (Å²) in [6.45, 7) is 0.